The minimum atomic E-state index is -0.591. The van der Waals surface area contributed by atoms with E-state index in [1.807, 2.05) is 25.1 Å². The summed E-state index contributed by atoms with van der Waals surface area (Å²) in [5.41, 5.74) is 2.19. The molecular weight excluding hydrogens is 344 g/mol. The quantitative estimate of drug-likeness (QED) is 0.661. The summed E-state index contributed by atoms with van der Waals surface area (Å²) in [4.78, 5) is 32.9. The van der Waals surface area contributed by atoms with Crippen molar-refractivity contribution in [2.24, 2.45) is 0 Å². The van der Waals surface area contributed by atoms with E-state index >= 15 is 0 Å². The first kappa shape index (κ1) is 17.6. The molecule has 1 aliphatic rings. The molecular formula is C20H24N4O3. The summed E-state index contributed by atoms with van der Waals surface area (Å²) in [6.07, 6.45) is 0.867. The molecule has 3 aromatic rings. The SMILES string of the molecule is CCN1CCc2c([nH]c3ccccc23)C1c1c(O)n(C(C)C)c(=O)[nH]c1=O. The third-order valence-electron chi connectivity index (χ3n) is 5.48. The van der Waals surface area contributed by atoms with Crippen molar-refractivity contribution in [3.8, 4) is 5.88 Å². The van der Waals surface area contributed by atoms with E-state index in [4.69, 9.17) is 0 Å². The minimum absolute atomic E-state index is 0.220. The monoisotopic (exact) mass is 368 g/mol. The fourth-order valence-corrected chi connectivity index (χ4v) is 4.24. The van der Waals surface area contributed by atoms with Crippen LogP contribution in [0.5, 0.6) is 5.88 Å². The van der Waals surface area contributed by atoms with Gasteiger partial charge in [0.15, 0.2) is 0 Å². The van der Waals surface area contributed by atoms with Crippen LogP contribution < -0.4 is 11.2 Å². The van der Waals surface area contributed by atoms with Crippen LogP contribution in [0, 0.1) is 0 Å². The zero-order valence-corrected chi connectivity index (χ0v) is 15.7. The molecule has 0 aliphatic carbocycles. The highest BCUT2D eigenvalue weighted by molar-refractivity contribution is 5.85. The summed E-state index contributed by atoms with van der Waals surface area (Å²) in [7, 11) is 0. The van der Waals surface area contributed by atoms with Gasteiger partial charge in [-0.25, -0.2) is 4.79 Å². The van der Waals surface area contributed by atoms with E-state index in [1.54, 1.807) is 13.8 Å². The van der Waals surface area contributed by atoms with Gasteiger partial charge < -0.3 is 10.1 Å². The number of rotatable bonds is 3. The Morgan fingerprint density at radius 1 is 1.22 bits per heavy atom. The van der Waals surface area contributed by atoms with Crippen molar-refractivity contribution in [2.75, 3.05) is 13.1 Å². The van der Waals surface area contributed by atoms with Crippen molar-refractivity contribution >= 4 is 10.9 Å². The van der Waals surface area contributed by atoms with Gasteiger partial charge in [0.05, 0.1) is 6.04 Å². The van der Waals surface area contributed by atoms with Gasteiger partial charge in [-0.2, -0.15) is 0 Å². The van der Waals surface area contributed by atoms with Gasteiger partial charge in [-0.05, 0) is 38.4 Å². The highest BCUT2D eigenvalue weighted by atomic mass is 16.3. The minimum Gasteiger partial charge on any atom is -0.494 e. The molecule has 1 aliphatic heterocycles. The normalized spacial score (nSPS) is 17.6. The Bertz CT molecular complexity index is 1120. The van der Waals surface area contributed by atoms with Crippen LogP contribution >= 0.6 is 0 Å². The number of aromatic amines is 2. The molecule has 0 spiro atoms. The van der Waals surface area contributed by atoms with E-state index in [0.717, 1.165) is 36.1 Å². The van der Waals surface area contributed by atoms with E-state index in [2.05, 4.69) is 20.9 Å². The smallest absolute Gasteiger partial charge is 0.331 e. The number of likely N-dealkylation sites (N-methyl/N-ethyl adjacent to an activating group) is 1. The van der Waals surface area contributed by atoms with Crippen molar-refractivity contribution in [2.45, 2.75) is 39.3 Å². The number of benzene rings is 1. The van der Waals surface area contributed by atoms with Crippen LogP contribution in [-0.2, 0) is 6.42 Å². The van der Waals surface area contributed by atoms with Crippen LogP contribution in [0.25, 0.3) is 10.9 Å². The van der Waals surface area contributed by atoms with Gasteiger partial charge in [-0.15, -0.1) is 0 Å². The summed E-state index contributed by atoms with van der Waals surface area (Å²) in [6, 6.07) is 7.36. The molecule has 7 nitrogen and oxygen atoms in total. The number of nitrogens with one attached hydrogen (secondary N) is 2. The molecule has 0 bridgehead atoms. The van der Waals surface area contributed by atoms with Crippen LogP contribution in [0.4, 0.5) is 0 Å². The second-order valence-electron chi connectivity index (χ2n) is 7.30. The molecule has 0 saturated heterocycles. The summed E-state index contributed by atoms with van der Waals surface area (Å²) < 4.78 is 1.24. The third kappa shape index (κ3) is 2.61. The molecule has 7 heteroatoms. The highest BCUT2D eigenvalue weighted by Crippen LogP contribution is 2.39. The lowest BCUT2D eigenvalue weighted by Crippen LogP contribution is -2.41. The van der Waals surface area contributed by atoms with Crippen molar-refractivity contribution in [3.63, 3.8) is 0 Å². The Morgan fingerprint density at radius 2 is 1.96 bits per heavy atom. The third-order valence-corrected chi connectivity index (χ3v) is 5.48. The summed E-state index contributed by atoms with van der Waals surface area (Å²) in [5.74, 6) is -0.256. The van der Waals surface area contributed by atoms with Crippen molar-refractivity contribution in [3.05, 3.63) is 61.9 Å². The molecule has 0 amide bonds. The molecule has 142 valence electrons. The Labute approximate surface area is 156 Å². The fraction of sp³-hybridized carbons (Fsp3) is 0.400. The summed E-state index contributed by atoms with van der Waals surface area (Å²) in [5, 5.41) is 12.0. The second-order valence-corrected chi connectivity index (χ2v) is 7.30. The Kier molecular flexibility index (Phi) is 4.19. The van der Waals surface area contributed by atoms with Gasteiger partial charge in [0.25, 0.3) is 5.56 Å². The number of H-pyrrole nitrogens is 2. The van der Waals surface area contributed by atoms with Crippen molar-refractivity contribution in [1.29, 1.82) is 0 Å². The fourth-order valence-electron chi connectivity index (χ4n) is 4.24. The lowest BCUT2D eigenvalue weighted by atomic mass is 9.93. The Morgan fingerprint density at radius 3 is 2.67 bits per heavy atom. The molecule has 1 atom stereocenters. The lowest BCUT2D eigenvalue weighted by Gasteiger charge is -2.35. The lowest BCUT2D eigenvalue weighted by molar-refractivity contribution is 0.213. The van der Waals surface area contributed by atoms with Gasteiger partial charge in [0.1, 0.15) is 5.56 Å². The van der Waals surface area contributed by atoms with Crippen LogP contribution in [-0.4, -0.2) is 37.6 Å². The van der Waals surface area contributed by atoms with Gasteiger partial charge in [-0.1, -0.05) is 25.1 Å². The Balaban J connectivity index is 2.03. The van der Waals surface area contributed by atoms with Crippen LogP contribution in [0.2, 0.25) is 0 Å². The van der Waals surface area contributed by atoms with Gasteiger partial charge in [-0.3, -0.25) is 19.2 Å². The Hall–Kier alpha value is -2.80. The molecule has 2 aromatic heterocycles. The van der Waals surface area contributed by atoms with E-state index in [9.17, 15) is 14.7 Å². The maximum Gasteiger partial charge on any atom is 0.331 e. The van der Waals surface area contributed by atoms with Gasteiger partial charge in [0, 0.05) is 29.2 Å². The van der Waals surface area contributed by atoms with E-state index in [-0.39, 0.29) is 17.5 Å². The predicted molar refractivity (Wildman–Crippen MR) is 104 cm³/mol. The first-order chi connectivity index (χ1) is 12.9. The molecule has 3 heterocycles. The van der Waals surface area contributed by atoms with Crippen LogP contribution in [0.3, 0.4) is 0 Å². The molecule has 0 radical (unpaired) electrons. The summed E-state index contributed by atoms with van der Waals surface area (Å²) >= 11 is 0. The number of hydrogen-bond acceptors (Lipinski definition) is 4. The standard InChI is InChI=1S/C20H24N4O3/c1-4-23-10-9-13-12-7-5-6-8-14(12)21-16(13)17(23)15-18(25)22-20(27)24(11(2)3)19(15)26/h5-8,11,17,21,26H,4,9-10H2,1-3H3,(H,22,25,27). The van der Waals surface area contributed by atoms with Gasteiger partial charge >= 0.3 is 5.69 Å². The zero-order chi connectivity index (χ0) is 19.3. The molecule has 1 aromatic carbocycles. The first-order valence-corrected chi connectivity index (χ1v) is 9.35. The molecule has 0 saturated carbocycles. The molecule has 27 heavy (non-hydrogen) atoms. The predicted octanol–water partition coefficient (Wildman–Crippen LogP) is 2.27. The first-order valence-electron chi connectivity index (χ1n) is 9.35. The van der Waals surface area contributed by atoms with Crippen molar-refractivity contribution < 1.29 is 5.11 Å². The topological polar surface area (TPSA) is 94.1 Å². The molecule has 3 N–H and O–H groups in total. The van der Waals surface area contributed by atoms with Crippen LogP contribution in [0.1, 0.15) is 49.7 Å². The van der Waals surface area contributed by atoms with E-state index in [0.29, 0.717) is 0 Å². The number of para-hydroxylation sites is 1. The number of fused-ring (bicyclic) bond motifs is 3. The molecule has 1 unspecified atom stereocenters. The zero-order valence-electron chi connectivity index (χ0n) is 15.7. The average Bonchev–Trinajstić information content (AvgIpc) is 3.00. The maximum absolute atomic E-state index is 12.8. The van der Waals surface area contributed by atoms with E-state index in [1.165, 1.54) is 10.1 Å². The highest BCUT2D eigenvalue weighted by Gasteiger charge is 2.35. The maximum atomic E-state index is 12.8. The van der Waals surface area contributed by atoms with Crippen molar-refractivity contribution in [1.82, 2.24) is 19.4 Å². The number of nitrogens with zero attached hydrogens (tertiary/aromatic N) is 2. The number of aromatic hydroxyl groups is 1. The summed E-state index contributed by atoms with van der Waals surface area (Å²) in [6.45, 7) is 7.13. The van der Waals surface area contributed by atoms with E-state index < -0.39 is 17.3 Å². The molecule has 0 fully saturated rings. The number of aromatic nitrogens is 3. The number of hydrogen-bond donors (Lipinski definition) is 3. The molecule has 4 rings (SSSR count). The largest absolute Gasteiger partial charge is 0.494 e. The van der Waals surface area contributed by atoms with Crippen LogP contribution in [0.15, 0.2) is 33.9 Å². The second kappa shape index (κ2) is 6.42. The van der Waals surface area contributed by atoms with Gasteiger partial charge in [0.2, 0.25) is 5.88 Å². The average molecular weight is 368 g/mol.